The molecule has 16 heteroatoms. The summed E-state index contributed by atoms with van der Waals surface area (Å²) in [5.74, 6) is 5.38. The van der Waals surface area contributed by atoms with Crippen molar-refractivity contribution in [1.29, 1.82) is 0 Å². The van der Waals surface area contributed by atoms with E-state index in [1.807, 2.05) is 57.7 Å². The second-order valence-electron chi connectivity index (χ2n) is 17.0. The molecule has 0 saturated carbocycles. The predicted molar refractivity (Wildman–Crippen MR) is 254 cm³/mol. The third-order valence-corrected chi connectivity index (χ3v) is 11.2. The Morgan fingerprint density at radius 2 is 1.55 bits per heavy atom. The maximum atomic E-state index is 13.8. The summed E-state index contributed by atoms with van der Waals surface area (Å²) in [5, 5.41) is 16.9. The number of rotatable bonds is 15. The number of nitrogens with zero attached hydrogens (tertiary/aromatic N) is 4. The van der Waals surface area contributed by atoms with Gasteiger partial charge in [-0.2, -0.15) is 0 Å². The van der Waals surface area contributed by atoms with Crippen LogP contribution in [-0.4, -0.2) is 87.9 Å². The number of carbonyl (C=O) groups is 4. The molecule has 2 aliphatic heterocycles. The highest BCUT2D eigenvalue weighted by Gasteiger charge is 2.33. The van der Waals surface area contributed by atoms with Gasteiger partial charge in [-0.1, -0.05) is 50.2 Å². The van der Waals surface area contributed by atoms with E-state index in [-0.39, 0.29) is 54.8 Å². The topological polar surface area (TPSA) is 207 Å². The summed E-state index contributed by atoms with van der Waals surface area (Å²) in [6.45, 7) is 8.24. The number of aryl methyl sites for hydroxylation is 2. The van der Waals surface area contributed by atoms with Crippen LogP contribution in [0.15, 0.2) is 96.4 Å². The van der Waals surface area contributed by atoms with Gasteiger partial charge in [-0.3, -0.25) is 35.4 Å². The third kappa shape index (κ3) is 11.4. The minimum absolute atomic E-state index is 0.0590. The molecule has 5 aromatic rings. The number of anilines is 2. The lowest BCUT2D eigenvalue weighted by Crippen LogP contribution is -2.46. The number of fused-ring (bicyclic) bond motifs is 2. The van der Waals surface area contributed by atoms with Gasteiger partial charge in [0.1, 0.15) is 11.4 Å². The summed E-state index contributed by atoms with van der Waals surface area (Å²) < 4.78 is 15.1. The molecular formula is C49H59N9O7. The fourth-order valence-corrected chi connectivity index (χ4v) is 7.21. The average Bonchev–Trinajstić information content (AvgIpc) is 4.01. The van der Waals surface area contributed by atoms with E-state index < -0.39 is 0 Å². The Hall–Kier alpha value is -7.01. The van der Waals surface area contributed by atoms with Crippen molar-refractivity contribution in [2.45, 2.75) is 64.5 Å². The molecule has 65 heavy (non-hydrogen) atoms. The molecule has 2 aliphatic rings. The summed E-state index contributed by atoms with van der Waals surface area (Å²) in [4.78, 5) is 58.3. The number of hydrogen-bond donors (Lipinski definition) is 6. The first-order chi connectivity index (χ1) is 31.0. The number of hydrogen-bond acceptors (Lipinski definition) is 10. The molecular weight excluding hydrogens is 827 g/mol. The Labute approximate surface area is 379 Å². The van der Waals surface area contributed by atoms with Gasteiger partial charge in [0.05, 0.1) is 43.3 Å². The zero-order valence-corrected chi connectivity index (χ0v) is 38.2. The summed E-state index contributed by atoms with van der Waals surface area (Å²) in [5.41, 5.74) is 10.3. The molecule has 0 radical (unpaired) electrons. The lowest BCUT2D eigenvalue weighted by Gasteiger charge is -2.19. The number of aliphatic hydroxyl groups excluding tert-OH is 1. The van der Waals surface area contributed by atoms with Crippen molar-refractivity contribution in [2.24, 2.45) is 24.9 Å². The highest BCUT2D eigenvalue weighted by atomic mass is 16.5. The summed E-state index contributed by atoms with van der Waals surface area (Å²) >= 11 is 0. The largest absolute Gasteiger partial charge is 0.493 e. The second-order valence-corrected chi connectivity index (χ2v) is 17.0. The van der Waals surface area contributed by atoms with Crippen LogP contribution in [0.3, 0.4) is 0 Å². The Bertz CT molecular complexity index is 2580. The second kappa shape index (κ2) is 20.7. The number of amides is 4. The SMILES string of the molecule is CC(C)(CO)NN.CNC(=O)c1cc(-c2ccc(NC(=O)c3cc(NC(=O)CCCOc4cc5c(cc4OC)C(=O)N4C=C(c6ccc(C(C)C)cc6)CC4C=N5)cn3C)cc2)cn1C. The number of nitrogens with one attached hydrogen (secondary N) is 4. The van der Waals surface area contributed by atoms with Crippen molar-refractivity contribution in [3.63, 3.8) is 0 Å². The number of benzene rings is 3. The number of aliphatic hydroxyl groups is 1. The molecule has 7 rings (SSSR count). The van der Waals surface area contributed by atoms with Crippen LogP contribution in [0.25, 0.3) is 16.7 Å². The average molecular weight is 886 g/mol. The minimum atomic E-state index is -0.333. The Morgan fingerprint density at radius 1 is 0.877 bits per heavy atom. The van der Waals surface area contributed by atoms with E-state index in [1.54, 1.807) is 64.7 Å². The van der Waals surface area contributed by atoms with E-state index >= 15 is 0 Å². The Balaban J connectivity index is 0.000000925. The highest BCUT2D eigenvalue weighted by Crippen LogP contribution is 2.40. The molecule has 2 aromatic heterocycles. The minimum Gasteiger partial charge on any atom is -0.493 e. The van der Waals surface area contributed by atoms with Crippen LogP contribution in [0.5, 0.6) is 11.5 Å². The highest BCUT2D eigenvalue weighted by molar-refractivity contribution is 6.06. The van der Waals surface area contributed by atoms with E-state index in [9.17, 15) is 19.2 Å². The smallest absolute Gasteiger partial charge is 0.272 e. The lowest BCUT2D eigenvalue weighted by atomic mass is 9.97. The first-order valence-corrected chi connectivity index (χ1v) is 21.4. The third-order valence-electron chi connectivity index (χ3n) is 11.2. The first-order valence-electron chi connectivity index (χ1n) is 21.4. The summed E-state index contributed by atoms with van der Waals surface area (Å²) in [6.07, 6.45) is 8.53. The van der Waals surface area contributed by atoms with Gasteiger partial charge in [-0.05, 0) is 78.8 Å². The van der Waals surface area contributed by atoms with Crippen molar-refractivity contribution < 1.29 is 33.8 Å². The Kier molecular flexibility index (Phi) is 15.1. The van der Waals surface area contributed by atoms with Crippen LogP contribution < -0.4 is 36.7 Å². The number of nitrogens with two attached hydrogens (primary N) is 1. The van der Waals surface area contributed by atoms with Crippen molar-refractivity contribution in [3.05, 3.63) is 119 Å². The molecule has 1 atom stereocenters. The number of ether oxygens (including phenoxy) is 2. The molecule has 0 aliphatic carbocycles. The van der Waals surface area contributed by atoms with Crippen LogP contribution in [0.2, 0.25) is 0 Å². The molecule has 16 nitrogen and oxygen atoms in total. The normalized spacial score (nSPS) is 14.1. The number of carbonyl (C=O) groups excluding carboxylic acids is 4. The summed E-state index contributed by atoms with van der Waals surface area (Å²) in [6, 6.07) is 22.4. The van der Waals surface area contributed by atoms with Crippen molar-refractivity contribution in [1.82, 2.24) is 24.8 Å². The molecule has 4 amide bonds. The van der Waals surface area contributed by atoms with E-state index in [0.717, 1.165) is 22.3 Å². The van der Waals surface area contributed by atoms with Crippen LogP contribution in [0.4, 0.5) is 17.1 Å². The maximum Gasteiger partial charge on any atom is 0.272 e. The molecule has 7 N–H and O–H groups in total. The standard InChI is InChI=1S/C45H47N7O6.C4H12N2O/c1-27(2)28-9-11-29(12-10-28)31-18-35-23-47-37-22-41(40(57-6)21-36(37)45(56)52(35)25-31)58-17-7-8-42(53)48-34-20-39(51(5)26-34)44(55)49-33-15-13-30(14-16-33)32-19-38(43(54)46-3)50(4)24-32;1-4(2,3-7)6-5/h9-16,19-27,35H,7-8,17-18H2,1-6H3,(H,46,54)(H,48,53)(H,49,55);6-7H,3,5H2,1-2H3. The number of aromatic nitrogens is 2. The van der Waals surface area contributed by atoms with Crippen molar-refractivity contribution in [2.75, 3.05) is 38.0 Å². The number of aliphatic imine (C=N–C) groups is 1. The van der Waals surface area contributed by atoms with Crippen molar-refractivity contribution >= 4 is 52.5 Å². The Morgan fingerprint density at radius 3 is 2.18 bits per heavy atom. The lowest BCUT2D eigenvalue weighted by molar-refractivity contribution is -0.116. The van der Waals surface area contributed by atoms with Crippen LogP contribution in [-0.2, 0) is 18.9 Å². The van der Waals surface area contributed by atoms with Gasteiger partial charge in [0.15, 0.2) is 11.5 Å². The molecule has 1 unspecified atom stereocenters. The fraction of sp³-hybridized carbons (Fsp3) is 0.327. The maximum absolute atomic E-state index is 13.8. The molecule has 342 valence electrons. The van der Waals surface area contributed by atoms with Gasteiger partial charge in [-0.25, -0.2) is 0 Å². The van der Waals surface area contributed by atoms with Gasteiger partial charge >= 0.3 is 0 Å². The molecule has 0 fully saturated rings. The molecule has 0 saturated heterocycles. The van der Waals surface area contributed by atoms with E-state index in [1.165, 1.54) is 12.7 Å². The number of hydrazine groups is 1. The van der Waals surface area contributed by atoms with Crippen LogP contribution >= 0.6 is 0 Å². The van der Waals surface area contributed by atoms with Gasteiger partial charge in [0.25, 0.3) is 17.7 Å². The molecule has 4 heterocycles. The van der Waals surface area contributed by atoms with E-state index in [2.05, 4.69) is 59.5 Å². The van der Waals surface area contributed by atoms with Crippen molar-refractivity contribution in [3.8, 4) is 22.6 Å². The first kappa shape index (κ1) is 47.5. The van der Waals surface area contributed by atoms with Gasteiger partial charge in [0.2, 0.25) is 5.91 Å². The van der Waals surface area contributed by atoms with E-state index in [4.69, 9.17) is 25.4 Å². The molecule has 0 spiro atoms. The monoisotopic (exact) mass is 885 g/mol. The number of methoxy groups -OCH3 is 1. The van der Waals surface area contributed by atoms with Gasteiger partial charge < -0.3 is 44.6 Å². The van der Waals surface area contributed by atoms with Gasteiger partial charge in [0, 0.05) is 81.6 Å². The molecule has 3 aromatic carbocycles. The predicted octanol–water partition coefficient (Wildman–Crippen LogP) is 6.76. The van der Waals surface area contributed by atoms with Crippen LogP contribution in [0.1, 0.15) is 95.3 Å². The zero-order chi connectivity index (χ0) is 47.0. The van der Waals surface area contributed by atoms with Gasteiger partial charge in [-0.15, -0.1) is 0 Å². The summed E-state index contributed by atoms with van der Waals surface area (Å²) in [7, 11) is 6.66. The molecule has 0 bridgehead atoms. The quantitative estimate of drug-likeness (QED) is 0.0373. The van der Waals surface area contributed by atoms with E-state index in [0.29, 0.717) is 64.3 Å². The fourth-order valence-electron chi connectivity index (χ4n) is 7.21. The van der Waals surface area contributed by atoms with Crippen LogP contribution in [0, 0.1) is 0 Å². The zero-order valence-electron chi connectivity index (χ0n) is 38.2.